The van der Waals surface area contributed by atoms with Crippen LogP contribution in [0.25, 0.3) is 0 Å². The Bertz CT molecular complexity index is 489. The maximum Gasteiger partial charge on any atom is 0.233 e. The summed E-state index contributed by atoms with van der Waals surface area (Å²) in [4.78, 5) is 0. The van der Waals surface area contributed by atoms with Gasteiger partial charge in [0.25, 0.3) is 0 Å². The molecule has 1 heterocycles. The predicted octanol–water partition coefficient (Wildman–Crippen LogP) is 3.63. The number of aryl methyl sites for hydroxylation is 1. The van der Waals surface area contributed by atoms with Crippen LogP contribution < -0.4 is 5.32 Å². The van der Waals surface area contributed by atoms with Crippen molar-refractivity contribution >= 4 is 0 Å². The largest absolute Gasteiger partial charge is 0.424 e. The van der Waals surface area contributed by atoms with E-state index in [1.165, 1.54) is 38.5 Å². The van der Waals surface area contributed by atoms with Gasteiger partial charge in [0.1, 0.15) is 0 Å². The van der Waals surface area contributed by atoms with Crippen molar-refractivity contribution in [2.75, 3.05) is 0 Å². The van der Waals surface area contributed by atoms with Gasteiger partial charge in [-0.25, -0.2) is 0 Å². The molecule has 2 unspecified atom stereocenters. The second-order valence-corrected chi connectivity index (χ2v) is 8.05. The summed E-state index contributed by atoms with van der Waals surface area (Å²) in [6, 6.07) is 0.683. The maximum atomic E-state index is 5.58. The SMILES string of the molecule is Cc1nnc(C(C)NC(C)C23CC4CC(CC(C4)C2)C3)o1. The van der Waals surface area contributed by atoms with Gasteiger partial charge in [0.15, 0.2) is 0 Å². The predicted molar refractivity (Wildman–Crippen MR) is 80.7 cm³/mol. The Hall–Kier alpha value is -0.900. The van der Waals surface area contributed by atoms with Crippen LogP contribution in [0.3, 0.4) is 0 Å². The molecule has 2 atom stereocenters. The molecule has 0 aliphatic heterocycles. The molecule has 1 aromatic rings. The lowest BCUT2D eigenvalue weighted by Crippen LogP contribution is -2.55. The number of nitrogens with one attached hydrogen (secondary N) is 1. The molecule has 4 fully saturated rings. The van der Waals surface area contributed by atoms with Gasteiger partial charge in [-0.3, -0.25) is 0 Å². The van der Waals surface area contributed by atoms with Gasteiger partial charge < -0.3 is 9.73 Å². The summed E-state index contributed by atoms with van der Waals surface area (Å²) in [5.41, 5.74) is 0.526. The van der Waals surface area contributed by atoms with E-state index in [-0.39, 0.29) is 6.04 Å². The van der Waals surface area contributed by atoms with Crippen molar-refractivity contribution < 1.29 is 4.42 Å². The van der Waals surface area contributed by atoms with Crippen molar-refractivity contribution in [2.45, 2.75) is 71.4 Å². The van der Waals surface area contributed by atoms with Crippen LogP contribution in [0.4, 0.5) is 0 Å². The minimum atomic E-state index is 0.147. The van der Waals surface area contributed by atoms with Gasteiger partial charge in [-0.1, -0.05) is 0 Å². The average Bonchev–Trinajstić information content (AvgIpc) is 2.84. The number of rotatable bonds is 4. The van der Waals surface area contributed by atoms with Crippen molar-refractivity contribution in [1.29, 1.82) is 0 Å². The summed E-state index contributed by atoms with van der Waals surface area (Å²) < 4.78 is 5.58. The molecule has 4 bridgehead atoms. The van der Waals surface area contributed by atoms with Crippen LogP contribution in [-0.4, -0.2) is 16.2 Å². The minimum absolute atomic E-state index is 0.147. The zero-order chi connectivity index (χ0) is 14.6. The summed E-state index contributed by atoms with van der Waals surface area (Å²) in [5.74, 6) is 4.38. The maximum absolute atomic E-state index is 5.58. The van der Waals surface area contributed by atoms with E-state index in [0.717, 1.165) is 23.6 Å². The van der Waals surface area contributed by atoms with Gasteiger partial charge in [-0.15, -0.1) is 10.2 Å². The number of nitrogens with zero attached hydrogens (tertiary/aromatic N) is 2. The van der Waals surface area contributed by atoms with Crippen LogP contribution >= 0.6 is 0 Å². The normalized spacial score (nSPS) is 40.4. The summed E-state index contributed by atoms with van der Waals surface area (Å²) in [7, 11) is 0. The Morgan fingerprint density at radius 1 is 1.05 bits per heavy atom. The lowest BCUT2D eigenvalue weighted by atomic mass is 9.48. The molecule has 0 saturated heterocycles. The van der Waals surface area contributed by atoms with Crippen LogP contribution in [0.2, 0.25) is 0 Å². The number of hydrogen-bond acceptors (Lipinski definition) is 4. The van der Waals surface area contributed by atoms with Gasteiger partial charge in [-0.2, -0.15) is 0 Å². The topological polar surface area (TPSA) is 51.0 Å². The molecule has 0 radical (unpaired) electrons. The van der Waals surface area contributed by atoms with E-state index in [1.54, 1.807) is 0 Å². The third kappa shape index (κ3) is 2.32. The monoisotopic (exact) mass is 289 g/mol. The van der Waals surface area contributed by atoms with Crippen molar-refractivity contribution in [1.82, 2.24) is 15.5 Å². The van der Waals surface area contributed by atoms with Crippen LogP contribution in [0.5, 0.6) is 0 Å². The van der Waals surface area contributed by atoms with E-state index in [4.69, 9.17) is 4.42 Å². The fourth-order valence-electron chi connectivity index (χ4n) is 5.82. The standard InChI is InChI=1S/C17H27N3O/c1-10(16-20-19-12(3)21-16)18-11(2)17-7-13-4-14(8-17)6-15(5-13)9-17/h10-11,13-15,18H,4-9H2,1-3H3. The van der Waals surface area contributed by atoms with E-state index in [9.17, 15) is 0 Å². The first-order valence-corrected chi connectivity index (χ1v) is 8.60. The molecular formula is C17H27N3O. The highest BCUT2D eigenvalue weighted by molar-refractivity contribution is 5.06. The van der Waals surface area contributed by atoms with E-state index >= 15 is 0 Å². The van der Waals surface area contributed by atoms with Crippen molar-refractivity contribution in [3.63, 3.8) is 0 Å². The fourth-order valence-corrected chi connectivity index (χ4v) is 5.82. The third-order valence-corrected chi connectivity index (χ3v) is 6.42. The summed E-state index contributed by atoms with van der Waals surface area (Å²) in [6.07, 6.45) is 8.81. The average molecular weight is 289 g/mol. The van der Waals surface area contributed by atoms with Crippen LogP contribution in [0.15, 0.2) is 4.42 Å². The van der Waals surface area contributed by atoms with Crippen LogP contribution in [0, 0.1) is 30.1 Å². The Morgan fingerprint density at radius 3 is 2.10 bits per heavy atom. The Labute approximate surface area is 127 Å². The molecular weight excluding hydrogens is 262 g/mol. The lowest BCUT2D eigenvalue weighted by Gasteiger charge is -2.59. The molecule has 4 heteroatoms. The van der Waals surface area contributed by atoms with Gasteiger partial charge in [0, 0.05) is 13.0 Å². The van der Waals surface area contributed by atoms with Crippen molar-refractivity contribution in [3.05, 3.63) is 11.8 Å². The highest BCUT2D eigenvalue weighted by Crippen LogP contribution is 2.61. The van der Waals surface area contributed by atoms with Crippen LogP contribution in [0.1, 0.15) is 70.2 Å². The first-order chi connectivity index (χ1) is 10.0. The van der Waals surface area contributed by atoms with Crippen molar-refractivity contribution in [3.8, 4) is 0 Å². The highest BCUT2D eigenvalue weighted by atomic mass is 16.4. The summed E-state index contributed by atoms with van der Waals surface area (Å²) in [6.45, 7) is 6.38. The minimum Gasteiger partial charge on any atom is -0.424 e. The molecule has 0 amide bonds. The highest BCUT2D eigenvalue weighted by Gasteiger charge is 2.53. The second kappa shape index (κ2) is 4.80. The van der Waals surface area contributed by atoms with Gasteiger partial charge in [-0.05, 0) is 75.5 Å². The van der Waals surface area contributed by atoms with Gasteiger partial charge in [0.05, 0.1) is 6.04 Å². The second-order valence-electron chi connectivity index (χ2n) is 8.05. The van der Waals surface area contributed by atoms with Gasteiger partial charge >= 0.3 is 0 Å². The molecule has 116 valence electrons. The number of hydrogen-bond donors (Lipinski definition) is 1. The Kier molecular flexibility index (Phi) is 3.14. The zero-order valence-electron chi connectivity index (χ0n) is 13.4. The van der Waals surface area contributed by atoms with Gasteiger partial charge in [0.2, 0.25) is 11.8 Å². The first kappa shape index (κ1) is 13.7. The molecule has 4 aliphatic carbocycles. The van der Waals surface area contributed by atoms with E-state index in [0.29, 0.717) is 17.3 Å². The zero-order valence-corrected chi connectivity index (χ0v) is 13.4. The molecule has 21 heavy (non-hydrogen) atoms. The molecule has 4 aliphatic rings. The number of aromatic nitrogens is 2. The lowest BCUT2D eigenvalue weighted by molar-refractivity contribution is -0.0723. The van der Waals surface area contributed by atoms with Crippen molar-refractivity contribution in [2.24, 2.45) is 23.2 Å². The molecule has 1 N–H and O–H groups in total. The first-order valence-electron chi connectivity index (χ1n) is 8.60. The smallest absolute Gasteiger partial charge is 0.233 e. The molecule has 0 aromatic carbocycles. The van der Waals surface area contributed by atoms with E-state index < -0.39 is 0 Å². The quantitative estimate of drug-likeness (QED) is 0.919. The molecule has 4 nitrogen and oxygen atoms in total. The molecule has 1 aromatic heterocycles. The fraction of sp³-hybridized carbons (Fsp3) is 0.882. The Morgan fingerprint density at radius 2 is 1.62 bits per heavy atom. The summed E-state index contributed by atoms with van der Waals surface area (Å²) in [5, 5.41) is 11.9. The summed E-state index contributed by atoms with van der Waals surface area (Å²) >= 11 is 0. The third-order valence-electron chi connectivity index (χ3n) is 6.42. The van der Waals surface area contributed by atoms with E-state index in [2.05, 4.69) is 29.4 Å². The Balaban J connectivity index is 1.48. The molecule has 5 rings (SSSR count). The van der Waals surface area contributed by atoms with Crippen LogP contribution in [-0.2, 0) is 0 Å². The van der Waals surface area contributed by atoms with E-state index in [1.807, 2.05) is 6.92 Å². The molecule has 0 spiro atoms. The molecule has 4 saturated carbocycles.